The van der Waals surface area contributed by atoms with Crippen molar-refractivity contribution in [3.63, 3.8) is 0 Å². The van der Waals surface area contributed by atoms with Gasteiger partial charge in [-0.05, 0) is 43.5 Å². The van der Waals surface area contributed by atoms with Gasteiger partial charge < -0.3 is 10.1 Å². The molecule has 0 bridgehead atoms. The van der Waals surface area contributed by atoms with Crippen molar-refractivity contribution in [3.05, 3.63) is 51.7 Å². The second-order valence-corrected chi connectivity index (χ2v) is 7.50. The predicted octanol–water partition coefficient (Wildman–Crippen LogP) is 3.70. The van der Waals surface area contributed by atoms with Gasteiger partial charge in [0.25, 0.3) is 0 Å². The topological polar surface area (TPSA) is 65.4 Å². The lowest BCUT2D eigenvalue weighted by Gasteiger charge is -2.37. The number of nitriles is 1. The summed E-state index contributed by atoms with van der Waals surface area (Å²) >= 11 is 1.74. The Morgan fingerprint density at radius 2 is 2.35 bits per heavy atom. The number of Topliss-reactive ketones (excluding diaryl/α,β-unsaturated/α-hetero) is 1. The number of nitrogens with zero attached hydrogens (tertiary/aromatic N) is 2. The molecule has 2 aromatic rings. The molecule has 0 spiro atoms. The van der Waals surface area contributed by atoms with Crippen LogP contribution in [0.4, 0.5) is 5.69 Å². The molecule has 1 N–H and O–H groups in total. The summed E-state index contributed by atoms with van der Waals surface area (Å²) in [6.07, 6.45) is 0.210. The standard InChI is InChI=1S/C20H23N3O2S/c1-14-13-23(7-8-25-14)19(20-4-3-9-26-20)12-22-18-10-16(15(2)24)5-6-17(18)11-21/h3-6,9-10,14,19,22H,7-8,12-13H2,1-2H3. The fourth-order valence-electron chi connectivity index (χ4n) is 3.23. The van der Waals surface area contributed by atoms with Crippen molar-refractivity contribution in [2.75, 3.05) is 31.6 Å². The first-order valence-electron chi connectivity index (χ1n) is 8.76. The lowest BCUT2D eigenvalue weighted by Crippen LogP contribution is -2.44. The van der Waals surface area contributed by atoms with E-state index in [1.54, 1.807) is 29.5 Å². The van der Waals surface area contributed by atoms with Crippen molar-refractivity contribution in [2.24, 2.45) is 0 Å². The molecular weight excluding hydrogens is 346 g/mol. The van der Waals surface area contributed by atoms with E-state index in [9.17, 15) is 10.1 Å². The number of morpholine rings is 1. The van der Waals surface area contributed by atoms with Crippen LogP contribution in [0.25, 0.3) is 0 Å². The van der Waals surface area contributed by atoms with E-state index in [1.165, 1.54) is 11.8 Å². The average Bonchev–Trinajstić information content (AvgIpc) is 3.16. The van der Waals surface area contributed by atoms with E-state index < -0.39 is 0 Å². The second-order valence-electron chi connectivity index (χ2n) is 6.52. The molecule has 1 saturated heterocycles. The molecule has 0 aliphatic carbocycles. The minimum Gasteiger partial charge on any atom is -0.382 e. The molecule has 3 rings (SSSR count). The van der Waals surface area contributed by atoms with Crippen molar-refractivity contribution in [1.82, 2.24) is 4.90 Å². The van der Waals surface area contributed by atoms with Gasteiger partial charge in [-0.1, -0.05) is 6.07 Å². The van der Waals surface area contributed by atoms with Crippen LogP contribution in [0.1, 0.15) is 40.7 Å². The Hall–Kier alpha value is -2.20. The van der Waals surface area contributed by atoms with Crippen LogP contribution in [0.5, 0.6) is 0 Å². The van der Waals surface area contributed by atoms with E-state index in [2.05, 4.69) is 40.7 Å². The maximum atomic E-state index is 11.7. The Balaban J connectivity index is 1.81. The van der Waals surface area contributed by atoms with Crippen LogP contribution in [-0.2, 0) is 4.74 Å². The van der Waals surface area contributed by atoms with Gasteiger partial charge in [0.1, 0.15) is 6.07 Å². The molecule has 1 fully saturated rings. The number of carbonyl (C=O) groups is 1. The van der Waals surface area contributed by atoms with Crippen LogP contribution in [-0.4, -0.2) is 43.0 Å². The molecule has 0 radical (unpaired) electrons. The highest BCUT2D eigenvalue weighted by molar-refractivity contribution is 7.10. The lowest BCUT2D eigenvalue weighted by molar-refractivity contribution is -0.0322. The van der Waals surface area contributed by atoms with Crippen molar-refractivity contribution in [2.45, 2.75) is 26.0 Å². The lowest BCUT2D eigenvalue weighted by atomic mass is 10.1. The Labute approximate surface area is 158 Å². The van der Waals surface area contributed by atoms with E-state index in [0.29, 0.717) is 23.4 Å². The summed E-state index contributed by atoms with van der Waals surface area (Å²) < 4.78 is 5.68. The van der Waals surface area contributed by atoms with Gasteiger partial charge in [0.2, 0.25) is 0 Å². The third kappa shape index (κ3) is 4.31. The Bertz CT molecular complexity index is 798. The van der Waals surface area contributed by atoms with Crippen LogP contribution in [0.3, 0.4) is 0 Å². The molecule has 0 saturated carbocycles. The normalized spacial score (nSPS) is 18.9. The first-order chi connectivity index (χ1) is 12.6. The van der Waals surface area contributed by atoms with Crippen molar-refractivity contribution in [3.8, 4) is 6.07 Å². The number of carbonyl (C=O) groups excluding carboxylic acids is 1. The molecule has 2 atom stereocenters. The summed E-state index contributed by atoms with van der Waals surface area (Å²) in [4.78, 5) is 15.4. The quantitative estimate of drug-likeness (QED) is 0.787. The minimum absolute atomic E-state index is 0.00523. The number of hydrogen-bond donors (Lipinski definition) is 1. The maximum absolute atomic E-state index is 11.7. The fourth-order valence-corrected chi connectivity index (χ4v) is 4.09. The zero-order chi connectivity index (χ0) is 18.5. The molecule has 0 amide bonds. The van der Waals surface area contributed by atoms with Crippen LogP contribution < -0.4 is 5.32 Å². The highest BCUT2D eigenvalue weighted by Gasteiger charge is 2.26. The molecule has 5 nitrogen and oxygen atoms in total. The summed E-state index contributed by atoms with van der Waals surface area (Å²) in [5.41, 5.74) is 1.87. The van der Waals surface area contributed by atoms with Gasteiger partial charge in [-0.3, -0.25) is 9.69 Å². The molecule has 1 aliphatic heterocycles. The number of ketones is 1. The molecule has 1 aliphatic rings. The molecule has 2 heterocycles. The third-order valence-corrected chi connectivity index (χ3v) is 5.59. The largest absolute Gasteiger partial charge is 0.382 e. The van der Waals surface area contributed by atoms with E-state index in [1.807, 2.05) is 0 Å². The number of thiophene rings is 1. The van der Waals surface area contributed by atoms with E-state index in [-0.39, 0.29) is 17.9 Å². The van der Waals surface area contributed by atoms with Gasteiger partial charge in [0.15, 0.2) is 5.78 Å². The highest BCUT2D eigenvalue weighted by Crippen LogP contribution is 2.28. The molecule has 2 unspecified atom stereocenters. The maximum Gasteiger partial charge on any atom is 0.159 e. The minimum atomic E-state index is -0.00523. The van der Waals surface area contributed by atoms with Crippen molar-refractivity contribution in [1.29, 1.82) is 5.26 Å². The molecular formula is C20H23N3O2S. The number of benzene rings is 1. The van der Waals surface area contributed by atoms with Crippen molar-refractivity contribution < 1.29 is 9.53 Å². The van der Waals surface area contributed by atoms with Crippen molar-refractivity contribution >= 4 is 22.8 Å². The molecule has 26 heavy (non-hydrogen) atoms. The summed E-state index contributed by atoms with van der Waals surface area (Å²) in [5.74, 6) is -0.00523. The molecule has 6 heteroatoms. The van der Waals surface area contributed by atoms with Crippen LogP contribution in [0.15, 0.2) is 35.7 Å². The van der Waals surface area contributed by atoms with Crippen LogP contribution in [0.2, 0.25) is 0 Å². The summed E-state index contributed by atoms with van der Waals surface area (Å²) in [6.45, 7) is 6.79. The fraction of sp³-hybridized carbons (Fsp3) is 0.400. The zero-order valence-electron chi connectivity index (χ0n) is 15.1. The first kappa shape index (κ1) is 18.6. The van der Waals surface area contributed by atoms with Gasteiger partial charge in [-0.2, -0.15) is 5.26 Å². The number of hydrogen-bond acceptors (Lipinski definition) is 6. The second kappa shape index (κ2) is 8.45. The smallest absolute Gasteiger partial charge is 0.159 e. The van der Waals surface area contributed by atoms with E-state index in [0.717, 1.165) is 19.7 Å². The van der Waals surface area contributed by atoms with Gasteiger partial charge in [-0.15, -0.1) is 11.3 Å². The summed E-state index contributed by atoms with van der Waals surface area (Å²) in [7, 11) is 0. The molecule has 136 valence electrons. The van der Waals surface area contributed by atoms with E-state index >= 15 is 0 Å². The zero-order valence-corrected chi connectivity index (χ0v) is 15.9. The summed E-state index contributed by atoms with van der Waals surface area (Å²) in [5, 5.41) is 14.9. The van der Waals surface area contributed by atoms with Crippen LogP contribution in [0, 0.1) is 11.3 Å². The number of rotatable bonds is 6. The Kier molecular flexibility index (Phi) is 6.04. The van der Waals surface area contributed by atoms with Gasteiger partial charge in [-0.25, -0.2) is 0 Å². The van der Waals surface area contributed by atoms with E-state index in [4.69, 9.17) is 4.74 Å². The number of ether oxygens (including phenoxy) is 1. The third-order valence-electron chi connectivity index (χ3n) is 4.62. The average molecular weight is 369 g/mol. The summed E-state index contributed by atoms with van der Waals surface area (Å²) in [6, 6.07) is 11.8. The monoisotopic (exact) mass is 369 g/mol. The Morgan fingerprint density at radius 3 is 3.00 bits per heavy atom. The first-order valence-corrected chi connectivity index (χ1v) is 9.64. The highest BCUT2D eigenvalue weighted by atomic mass is 32.1. The van der Waals surface area contributed by atoms with Gasteiger partial charge >= 0.3 is 0 Å². The van der Waals surface area contributed by atoms with Gasteiger partial charge in [0.05, 0.1) is 30.0 Å². The van der Waals surface area contributed by atoms with Crippen LogP contribution >= 0.6 is 11.3 Å². The predicted molar refractivity (Wildman–Crippen MR) is 104 cm³/mol. The number of anilines is 1. The van der Waals surface area contributed by atoms with Gasteiger partial charge in [0, 0.05) is 30.1 Å². The SMILES string of the molecule is CC(=O)c1ccc(C#N)c(NCC(c2cccs2)N2CCOC(C)C2)c1. The Morgan fingerprint density at radius 1 is 1.50 bits per heavy atom. The number of nitrogens with one attached hydrogen (secondary N) is 1. The molecule has 1 aromatic heterocycles. The molecule has 1 aromatic carbocycles.